The molecule has 96 valence electrons. The standard InChI is InChI=1S/C13H23N3S/c1-2-4-13(5-7-15-11-13)10-14-6-3-12-16-8-9-17-12/h8-9,14-15H,2-7,10-11H2,1H3. The molecular formula is C13H23N3S. The van der Waals surface area contributed by atoms with Crippen LogP contribution in [0.1, 0.15) is 31.2 Å². The van der Waals surface area contributed by atoms with Crippen LogP contribution in [0, 0.1) is 5.41 Å². The molecule has 0 aliphatic carbocycles. The van der Waals surface area contributed by atoms with E-state index in [4.69, 9.17) is 0 Å². The predicted octanol–water partition coefficient (Wildman–Crippen LogP) is 2.05. The molecular weight excluding hydrogens is 230 g/mol. The Morgan fingerprint density at radius 2 is 2.53 bits per heavy atom. The van der Waals surface area contributed by atoms with Crippen LogP contribution in [0.5, 0.6) is 0 Å². The molecule has 1 saturated heterocycles. The first-order valence-electron chi connectivity index (χ1n) is 6.64. The van der Waals surface area contributed by atoms with Crippen LogP contribution in [0.4, 0.5) is 0 Å². The lowest BCUT2D eigenvalue weighted by atomic mass is 9.82. The fraction of sp³-hybridized carbons (Fsp3) is 0.769. The maximum absolute atomic E-state index is 4.31. The first-order valence-corrected chi connectivity index (χ1v) is 7.52. The van der Waals surface area contributed by atoms with Gasteiger partial charge in [0, 0.05) is 37.6 Å². The molecule has 0 aromatic carbocycles. The van der Waals surface area contributed by atoms with Crippen molar-refractivity contribution in [1.29, 1.82) is 0 Å². The summed E-state index contributed by atoms with van der Waals surface area (Å²) in [5.41, 5.74) is 0.512. The summed E-state index contributed by atoms with van der Waals surface area (Å²) >= 11 is 1.75. The van der Waals surface area contributed by atoms with Crippen molar-refractivity contribution < 1.29 is 0 Å². The zero-order valence-electron chi connectivity index (χ0n) is 10.7. The Kier molecular flexibility index (Phi) is 4.95. The van der Waals surface area contributed by atoms with Crippen molar-refractivity contribution in [2.75, 3.05) is 26.2 Å². The van der Waals surface area contributed by atoms with E-state index in [-0.39, 0.29) is 0 Å². The van der Waals surface area contributed by atoms with E-state index in [0.29, 0.717) is 5.41 Å². The van der Waals surface area contributed by atoms with Gasteiger partial charge in [0.15, 0.2) is 0 Å². The van der Waals surface area contributed by atoms with Crippen molar-refractivity contribution in [2.24, 2.45) is 5.41 Å². The van der Waals surface area contributed by atoms with Crippen LogP contribution in [-0.4, -0.2) is 31.2 Å². The summed E-state index contributed by atoms with van der Waals surface area (Å²) in [7, 11) is 0. The molecule has 0 spiro atoms. The van der Waals surface area contributed by atoms with Crippen molar-refractivity contribution in [2.45, 2.75) is 32.6 Å². The molecule has 0 radical (unpaired) electrons. The molecule has 1 aromatic heterocycles. The zero-order chi connectivity index (χ0) is 12.0. The van der Waals surface area contributed by atoms with Gasteiger partial charge < -0.3 is 10.6 Å². The molecule has 1 fully saturated rings. The van der Waals surface area contributed by atoms with Crippen LogP contribution >= 0.6 is 11.3 Å². The number of rotatable bonds is 7. The third-order valence-electron chi connectivity index (χ3n) is 3.61. The second kappa shape index (κ2) is 6.47. The number of hydrogen-bond donors (Lipinski definition) is 2. The van der Waals surface area contributed by atoms with E-state index in [2.05, 4.69) is 27.9 Å². The Morgan fingerprint density at radius 3 is 3.18 bits per heavy atom. The first kappa shape index (κ1) is 13.0. The van der Waals surface area contributed by atoms with Crippen LogP contribution in [0.3, 0.4) is 0 Å². The van der Waals surface area contributed by atoms with Crippen LogP contribution in [-0.2, 0) is 6.42 Å². The molecule has 0 bridgehead atoms. The van der Waals surface area contributed by atoms with Gasteiger partial charge >= 0.3 is 0 Å². The lowest BCUT2D eigenvalue weighted by Gasteiger charge is -2.28. The summed E-state index contributed by atoms with van der Waals surface area (Å²) < 4.78 is 0. The molecule has 4 heteroatoms. The lowest BCUT2D eigenvalue weighted by molar-refractivity contribution is 0.277. The van der Waals surface area contributed by atoms with E-state index in [1.54, 1.807) is 11.3 Å². The van der Waals surface area contributed by atoms with Gasteiger partial charge in [0.1, 0.15) is 0 Å². The fourth-order valence-electron chi connectivity index (χ4n) is 2.70. The molecule has 1 aromatic rings. The molecule has 3 nitrogen and oxygen atoms in total. The fourth-order valence-corrected chi connectivity index (χ4v) is 3.32. The summed E-state index contributed by atoms with van der Waals surface area (Å²) in [5.74, 6) is 0. The van der Waals surface area contributed by atoms with Crippen molar-refractivity contribution >= 4 is 11.3 Å². The van der Waals surface area contributed by atoms with Gasteiger partial charge in [0.2, 0.25) is 0 Å². The first-order chi connectivity index (χ1) is 8.35. The van der Waals surface area contributed by atoms with Gasteiger partial charge in [-0.2, -0.15) is 0 Å². The Balaban J connectivity index is 1.69. The number of thiazole rings is 1. The molecule has 0 amide bonds. The molecule has 2 rings (SSSR count). The van der Waals surface area contributed by atoms with Gasteiger partial charge in [0.25, 0.3) is 0 Å². The third-order valence-corrected chi connectivity index (χ3v) is 4.45. The minimum Gasteiger partial charge on any atom is -0.316 e. The second-order valence-electron chi connectivity index (χ2n) is 5.03. The maximum Gasteiger partial charge on any atom is 0.0937 e. The van der Waals surface area contributed by atoms with E-state index in [9.17, 15) is 0 Å². The van der Waals surface area contributed by atoms with Crippen molar-refractivity contribution in [3.63, 3.8) is 0 Å². The molecule has 1 aliphatic rings. The van der Waals surface area contributed by atoms with E-state index in [1.165, 1.54) is 37.4 Å². The van der Waals surface area contributed by atoms with E-state index >= 15 is 0 Å². The number of nitrogens with zero attached hydrogens (tertiary/aromatic N) is 1. The lowest BCUT2D eigenvalue weighted by Crippen LogP contribution is -2.37. The minimum absolute atomic E-state index is 0.512. The monoisotopic (exact) mass is 253 g/mol. The van der Waals surface area contributed by atoms with Crippen molar-refractivity contribution in [1.82, 2.24) is 15.6 Å². The highest BCUT2D eigenvalue weighted by Gasteiger charge is 2.32. The zero-order valence-corrected chi connectivity index (χ0v) is 11.5. The largest absolute Gasteiger partial charge is 0.316 e. The number of nitrogens with one attached hydrogen (secondary N) is 2. The molecule has 2 N–H and O–H groups in total. The molecule has 0 saturated carbocycles. The molecule has 1 unspecified atom stereocenters. The Hall–Kier alpha value is -0.450. The van der Waals surface area contributed by atoms with Crippen LogP contribution in [0.25, 0.3) is 0 Å². The SMILES string of the molecule is CCCC1(CNCCc2nccs2)CCNC1. The van der Waals surface area contributed by atoms with Gasteiger partial charge in [-0.3, -0.25) is 0 Å². The second-order valence-corrected chi connectivity index (χ2v) is 6.01. The molecule has 1 atom stereocenters. The Bertz CT molecular complexity index is 304. The van der Waals surface area contributed by atoms with Crippen LogP contribution in [0.15, 0.2) is 11.6 Å². The third kappa shape index (κ3) is 3.76. The topological polar surface area (TPSA) is 37.0 Å². The van der Waals surface area contributed by atoms with Crippen LogP contribution < -0.4 is 10.6 Å². The summed E-state index contributed by atoms with van der Waals surface area (Å²) in [6.07, 6.45) is 6.90. The predicted molar refractivity (Wildman–Crippen MR) is 73.5 cm³/mol. The van der Waals surface area contributed by atoms with Crippen molar-refractivity contribution in [3.05, 3.63) is 16.6 Å². The van der Waals surface area contributed by atoms with Gasteiger partial charge in [-0.25, -0.2) is 4.98 Å². The van der Waals surface area contributed by atoms with Gasteiger partial charge in [-0.05, 0) is 24.8 Å². The van der Waals surface area contributed by atoms with E-state index in [0.717, 1.165) is 19.5 Å². The molecule has 17 heavy (non-hydrogen) atoms. The smallest absolute Gasteiger partial charge is 0.0937 e. The van der Waals surface area contributed by atoms with Gasteiger partial charge in [0.05, 0.1) is 5.01 Å². The van der Waals surface area contributed by atoms with Crippen LogP contribution in [0.2, 0.25) is 0 Å². The minimum atomic E-state index is 0.512. The number of hydrogen-bond acceptors (Lipinski definition) is 4. The highest BCUT2D eigenvalue weighted by atomic mass is 32.1. The average Bonchev–Trinajstić information content (AvgIpc) is 2.97. The molecule has 1 aliphatic heterocycles. The van der Waals surface area contributed by atoms with E-state index in [1.807, 2.05) is 6.20 Å². The highest BCUT2D eigenvalue weighted by molar-refractivity contribution is 7.09. The van der Waals surface area contributed by atoms with E-state index < -0.39 is 0 Å². The Labute approximate surface area is 108 Å². The summed E-state index contributed by atoms with van der Waals surface area (Å²) in [6.45, 7) is 6.87. The quantitative estimate of drug-likeness (QED) is 0.730. The normalized spacial score (nSPS) is 24.3. The summed E-state index contributed by atoms with van der Waals surface area (Å²) in [5, 5.41) is 10.4. The summed E-state index contributed by atoms with van der Waals surface area (Å²) in [6, 6.07) is 0. The molecule has 2 heterocycles. The summed E-state index contributed by atoms with van der Waals surface area (Å²) in [4.78, 5) is 4.31. The van der Waals surface area contributed by atoms with Crippen molar-refractivity contribution in [3.8, 4) is 0 Å². The average molecular weight is 253 g/mol. The number of aromatic nitrogens is 1. The highest BCUT2D eigenvalue weighted by Crippen LogP contribution is 2.29. The van der Waals surface area contributed by atoms with Gasteiger partial charge in [-0.1, -0.05) is 13.3 Å². The Morgan fingerprint density at radius 1 is 1.59 bits per heavy atom. The maximum atomic E-state index is 4.31. The van der Waals surface area contributed by atoms with Gasteiger partial charge in [-0.15, -0.1) is 11.3 Å².